The average molecular weight is 233 g/mol. The van der Waals surface area contributed by atoms with Crippen molar-refractivity contribution in [3.63, 3.8) is 0 Å². The van der Waals surface area contributed by atoms with Crippen LogP contribution in [-0.2, 0) is 11.3 Å². The van der Waals surface area contributed by atoms with Gasteiger partial charge in [0.25, 0.3) is 5.89 Å². The van der Waals surface area contributed by atoms with Gasteiger partial charge in [0.05, 0.1) is 0 Å². The Morgan fingerprint density at radius 3 is 2.82 bits per heavy atom. The van der Waals surface area contributed by atoms with Crippen LogP contribution >= 0.6 is 0 Å². The van der Waals surface area contributed by atoms with E-state index in [4.69, 9.17) is 9.15 Å². The fourth-order valence-electron chi connectivity index (χ4n) is 1.21. The van der Waals surface area contributed by atoms with Gasteiger partial charge in [0.15, 0.2) is 6.61 Å². The van der Waals surface area contributed by atoms with Gasteiger partial charge in [-0.25, -0.2) is 4.79 Å². The number of benzene rings is 1. The van der Waals surface area contributed by atoms with E-state index in [1.165, 1.54) is 7.05 Å². The first-order valence-corrected chi connectivity index (χ1v) is 5.02. The lowest BCUT2D eigenvalue weighted by Gasteiger charge is -1.98. The summed E-state index contributed by atoms with van der Waals surface area (Å²) < 4.78 is 10.1. The molecule has 1 N–H and O–H groups in total. The molecule has 0 saturated heterocycles. The third-order valence-electron chi connectivity index (χ3n) is 2.02. The van der Waals surface area contributed by atoms with E-state index in [1.54, 1.807) is 0 Å². The molecule has 0 unspecified atom stereocenters. The van der Waals surface area contributed by atoms with Crippen molar-refractivity contribution in [2.24, 2.45) is 0 Å². The Bertz CT molecular complexity index is 496. The lowest BCUT2D eigenvalue weighted by Crippen LogP contribution is -2.18. The van der Waals surface area contributed by atoms with E-state index in [1.807, 2.05) is 30.3 Å². The van der Waals surface area contributed by atoms with Crippen LogP contribution in [0.3, 0.4) is 0 Å². The molecule has 0 aliphatic heterocycles. The summed E-state index contributed by atoms with van der Waals surface area (Å²) in [5.41, 5.74) is 0.825. The van der Waals surface area contributed by atoms with Crippen molar-refractivity contribution in [1.82, 2.24) is 15.5 Å². The van der Waals surface area contributed by atoms with Gasteiger partial charge in [0.1, 0.15) is 0 Å². The van der Waals surface area contributed by atoms with E-state index >= 15 is 0 Å². The number of carbonyl (C=O) groups is 1. The highest BCUT2D eigenvalue weighted by molar-refractivity contribution is 5.66. The van der Waals surface area contributed by atoms with E-state index in [2.05, 4.69) is 15.5 Å². The van der Waals surface area contributed by atoms with Crippen LogP contribution in [0.5, 0.6) is 0 Å². The van der Waals surface area contributed by atoms with Gasteiger partial charge in [0.2, 0.25) is 5.89 Å². The maximum Gasteiger partial charge on any atom is 0.407 e. The molecule has 0 radical (unpaired) electrons. The standard InChI is InChI=1S/C11H11N3O3/c1-12-11(15)16-7-9-13-14-10(17-9)8-5-3-2-4-6-8/h2-6H,7H2,1H3,(H,12,15). The molecule has 6 nitrogen and oxygen atoms in total. The van der Waals surface area contributed by atoms with Gasteiger partial charge in [0, 0.05) is 12.6 Å². The first-order valence-electron chi connectivity index (χ1n) is 5.02. The second-order valence-electron chi connectivity index (χ2n) is 3.19. The minimum atomic E-state index is -0.538. The van der Waals surface area contributed by atoms with E-state index in [0.29, 0.717) is 5.89 Å². The van der Waals surface area contributed by atoms with Crippen molar-refractivity contribution in [1.29, 1.82) is 0 Å². The van der Waals surface area contributed by atoms with Crippen LogP contribution < -0.4 is 5.32 Å². The van der Waals surface area contributed by atoms with Crippen LogP contribution in [0.15, 0.2) is 34.7 Å². The molecule has 6 heteroatoms. The molecular formula is C11H11N3O3. The molecule has 0 atom stereocenters. The monoisotopic (exact) mass is 233 g/mol. The summed E-state index contributed by atoms with van der Waals surface area (Å²) in [6.45, 7) is -0.0422. The molecular weight excluding hydrogens is 222 g/mol. The van der Waals surface area contributed by atoms with Gasteiger partial charge in [-0.05, 0) is 12.1 Å². The molecule has 0 fully saturated rings. The van der Waals surface area contributed by atoms with Crippen molar-refractivity contribution in [3.05, 3.63) is 36.2 Å². The number of nitrogens with zero attached hydrogens (tertiary/aromatic N) is 2. The van der Waals surface area contributed by atoms with E-state index < -0.39 is 6.09 Å². The highest BCUT2D eigenvalue weighted by Gasteiger charge is 2.09. The minimum absolute atomic E-state index is 0.0422. The molecule has 1 amide bonds. The largest absolute Gasteiger partial charge is 0.439 e. The molecule has 88 valence electrons. The molecule has 0 bridgehead atoms. The molecule has 2 rings (SSSR count). The number of amides is 1. The maximum atomic E-state index is 10.8. The summed E-state index contributed by atoms with van der Waals surface area (Å²) in [5.74, 6) is 0.661. The van der Waals surface area contributed by atoms with Crippen LogP contribution in [0, 0.1) is 0 Å². The summed E-state index contributed by atoms with van der Waals surface area (Å²) in [7, 11) is 1.48. The molecule has 0 spiro atoms. The van der Waals surface area contributed by atoms with Crippen LogP contribution in [-0.4, -0.2) is 23.3 Å². The molecule has 17 heavy (non-hydrogen) atoms. The highest BCUT2D eigenvalue weighted by Crippen LogP contribution is 2.16. The number of ether oxygens (including phenoxy) is 1. The maximum absolute atomic E-state index is 10.8. The van der Waals surface area contributed by atoms with E-state index in [0.717, 1.165) is 5.56 Å². The minimum Gasteiger partial charge on any atom is -0.439 e. The van der Waals surface area contributed by atoms with Crippen molar-refractivity contribution in [2.45, 2.75) is 6.61 Å². The topological polar surface area (TPSA) is 77.2 Å². The first-order chi connectivity index (χ1) is 8.29. The predicted octanol–water partition coefficient (Wildman–Crippen LogP) is 1.59. The fraction of sp³-hybridized carbons (Fsp3) is 0.182. The van der Waals surface area contributed by atoms with Gasteiger partial charge < -0.3 is 14.5 Å². The zero-order valence-corrected chi connectivity index (χ0v) is 9.21. The van der Waals surface area contributed by atoms with Gasteiger partial charge in [-0.1, -0.05) is 18.2 Å². The molecule has 1 heterocycles. The van der Waals surface area contributed by atoms with Crippen molar-refractivity contribution >= 4 is 6.09 Å². The van der Waals surface area contributed by atoms with Gasteiger partial charge in [-0.2, -0.15) is 0 Å². The van der Waals surface area contributed by atoms with Crippen molar-refractivity contribution in [3.8, 4) is 11.5 Å². The second-order valence-corrected chi connectivity index (χ2v) is 3.19. The Balaban J connectivity index is 2.04. The van der Waals surface area contributed by atoms with Crippen LogP contribution in [0.1, 0.15) is 5.89 Å². The van der Waals surface area contributed by atoms with Gasteiger partial charge >= 0.3 is 6.09 Å². The number of rotatable bonds is 3. The second kappa shape index (κ2) is 5.11. The summed E-state index contributed by atoms with van der Waals surface area (Å²) >= 11 is 0. The molecule has 0 saturated carbocycles. The van der Waals surface area contributed by atoms with Crippen LogP contribution in [0.25, 0.3) is 11.5 Å². The number of alkyl carbamates (subject to hydrolysis) is 1. The zero-order valence-electron chi connectivity index (χ0n) is 9.21. The zero-order chi connectivity index (χ0) is 12.1. The number of hydrogen-bond donors (Lipinski definition) is 1. The molecule has 1 aromatic carbocycles. The average Bonchev–Trinajstić information content (AvgIpc) is 2.86. The van der Waals surface area contributed by atoms with Gasteiger partial charge in [-0.3, -0.25) is 0 Å². The lowest BCUT2D eigenvalue weighted by molar-refractivity contribution is 0.131. The molecule has 0 aliphatic carbocycles. The van der Waals surface area contributed by atoms with Crippen molar-refractivity contribution in [2.75, 3.05) is 7.05 Å². The summed E-state index contributed by atoms with van der Waals surface area (Å²) in [5, 5.41) is 9.96. The smallest absolute Gasteiger partial charge is 0.407 e. The Kier molecular flexibility index (Phi) is 3.34. The third kappa shape index (κ3) is 2.81. The number of hydrogen-bond acceptors (Lipinski definition) is 5. The Morgan fingerprint density at radius 2 is 2.12 bits per heavy atom. The van der Waals surface area contributed by atoms with E-state index in [-0.39, 0.29) is 12.5 Å². The normalized spacial score (nSPS) is 9.94. The van der Waals surface area contributed by atoms with Crippen molar-refractivity contribution < 1.29 is 13.9 Å². The summed E-state index contributed by atoms with van der Waals surface area (Å²) in [6.07, 6.45) is -0.538. The third-order valence-corrected chi connectivity index (χ3v) is 2.02. The predicted molar refractivity (Wildman–Crippen MR) is 59.0 cm³/mol. The Hall–Kier alpha value is -2.37. The van der Waals surface area contributed by atoms with E-state index in [9.17, 15) is 4.79 Å². The van der Waals surface area contributed by atoms with Crippen LogP contribution in [0.4, 0.5) is 4.79 Å². The summed E-state index contributed by atoms with van der Waals surface area (Å²) in [6, 6.07) is 9.36. The molecule has 2 aromatic rings. The number of carbonyl (C=O) groups excluding carboxylic acids is 1. The SMILES string of the molecule is CNC(=O)OCc1nnc(-c2ccccc2)o1. The lowest BCUT2D eigenvalue weighted by atomic mass is 10.2. The van der Waals surface area contributed by atoms with Crippen LogP contribution in [0.2, 0.25) is 0 Å². The molecule has 1 aromatic heterocycles. The summed E-state index contributed by atoms with van der Waals surface area (Å²) in [4.78, 5) is 10.8. The Labute approximate surface area is 97.6 Å². The number of nitrogens with one attached hydrogen (secondary N) is 1. The molecule has 0 aliphatic rings. The fourth-order valence-corrected chi connectivity index (χ4v) is 1.21. The first kappa shape index (κ1) is 11.1. The Morgan fingerprint density at radius 1 is 1.35 bits per heavy atom. The number of aromatic nitrogens is 2. The quantitative estimate of drug-likeness (QED) is 0.871. The van der Waals surface area contributed by atoms with Gasteiger partial charge in [-0.15, -0.1) is 10.2 Å². The highest BCUT2D eigenvalue weighted by atomic mass is 16.6.